The molecule has 0 atom stereocenters. The number of nitrogens with one attached hydrogen (secondary N) is 1. The average Bonchev–Trinajstić information content (AvgIpc) is 3.03. The van der Waals surface area contributed by atoms with Gasteiger partial charge in [-0.3, -0.25) is 9.48 Å². The number of phenols is 2. The summed E-state index contributed by atoms with van der Waals surface area (Å²) in [4.78, 5) is 20.4. The van der Waals surface area contributed by atoms with Crippen LogP contribution in [-0.2, 0) is 6.54 Å². The molecule has 4 rings (SSSR count). The van der Waals surface area contributed by atoms with Crippen LogP contribution in [0.15, 0.2) is 36.5 Å². The number of benzene rings is 1. The smallest absolute Gasteiger partial charge is 0.269 e. The number of aromatic hydroxyl groups is 2. The normalized spacial score (nSPS) is 13.4. The summed E-state index contributed by atoms with van der Waals surface area (Å²) in [5.74, 6) is -0.426. The molecule has 0 saturated carbocycles. The molecule has 0 radical (unpaired) electrons. The molecule has 1 aliphatic rings. The van der Waals surface area contributed by atoms with E-state index in [0.717, 1.165) is 0 Å². The molecule has 120 valence electrons. The molecule has 0 aliphatic carbocycles. The highest BCUT2D eigenvalue weighted by Gasteiger charge is 2.20. The summed E-state index contributed by atoms with van der Waals surface area (Å²) in [6.45, 7) is 1.14. The molecule has 1 aromatic carbocycles. The van der Waals surface area contributed by atoms with E-state index in [1.807, 2.05) is 0 Å². The van der Waals surface area contributed by atoms with Crippen molar-refractivity contribution in [2.75, 3.05) is 6.54 Å². The van der Waals surface area contributed by atoms with E-state index in [-0.39, 0.29) is 23.2 Å². The lowest BCUT2D eigenvalue weighted by molar-refractivity contribution is 0.0924. The number of nitrogens with zero attached hydrogens (tertiary/aromatic N) is 4. The standard InChI is InChI=1S/C16H13N5O3/c22-13-3-1-2-9(14(13)23)15-17-5-4-10(19-15)11-8-12-16(24)18-6-7-21(12)20-11/h1-5,8,22-23H,6-7H2,(H,18,24). The van der Waals surface area contributed by atoms with Crippen molar-refractivity contribution in [3.05, 3.63) is 42.2 Å². The van der Waals surface area contributed by atoms with E-state index in [0.29, 0.717) is 35.7 Å². The summed E-state index contributed by atoms with van der Waals surface area (Å²) in [6, 6.07) is 7.93. The van der Waals surface area contributed by atoms with Gasteiger partial charge in [-0.25, -0.2) is 9.97 Å². The van der Waals surface area contributed by atoms with Gasteiger partial charge in [-0.2, -0.15) is 5.10 Å². The highest BCUT2D eigenvalue weighted by molar-refractivity contribution is 5.94. The van der Waals surface area contributed by atoms with Gasteiger partial charge >= 0.3 is 0 Å². The van der Waals surface area contributed by atoms with Crippen LogP contribution >= 0.6 is 0 Å². The fourth-order valence-corrected chi connectivity index (χ4v) is 2.60. The Balaban J connectivity index is 1.78. The van der Waals surface area contributed by atoms with Crippen LogP contribution in [0.4, 0.5) is 0 Å². The Morgan fingerprint density at radius 3 is 2.88 bits per heavy atom. The van der Waals surface area contributed by atoms with Gasteiger partial charge in [-0.15, -0.1) is 0 Å². The number of amides is 1. The van der Waals surface area contributed by atoms with Crippen LogP contribution in [0.25, 0.3) is 22.8 Å². The van der Waals surface area contributed by atoms with E-state index in [4.69, 9.17) is 0 Å². The zero-order chi connectivity index (χ0) is 16.7. The van der Waals surface area contributed by atoms with Gasteiger partial charge in [-0.1, -0.05) is 6.07 Å². The summed E-state index contributed by atoms with van der Waals surface area (Å²) in [5, 5.41) is 26.8. The highest BCUT2D eigenvalue weighted by Crippen LogP contribution is 2.34. The van der Waals surface area contributed by atoms with E-state index in [1.165, 1.54) is 6.07 Å². The molecule has 8 heteroatoms. The average molecular weight is 323 g/mol. The van der Waals surface area contributed by atoms with E-state index in [9.17, 15) is 15.0 Å². The van der Waals surface area contributed by atoms with Crippen LogP contribution in [-0.4, -0.2) is 42.4 Å². The second-order valence-electron chi connectivity index (χ2n) is 5.33. The molecule has 1 amide bonds. The largest absolute Gasteiger partial charge is 0.504 e. The number of aromatic nitrogens is 4. The molecule has 1 aliphatic heterocycles. The fraction of sp³-hybridized carbons (Fsp3) is 0.125. The molecule has 3 N–H and O–H groups in total. The van der Waals surface area contributed by atoms with Crippen LogP contribution < -0.4 is 5.32 Å². The van der Waals surface area contributed by atoms with Crippen molar-refractivity contribution in [3.8, 4) is 34.3 Å². The van der Waals surface area contributed by atoms with Crippen LogP contribution in [0.3, 0.4) is 0 Å². The first kappa shape index (κ1) is 14.2. The number of fused-ring (bicyclic) bond motifs is 1. The zero-order valence-corrected chi connectivity index (χ0v) is 12.5. The molecule has 8 nitrogen and oxygen atoms in total. The third-order valence-corrected chi connectivity index (χ3v) is 3.80. The monoisotopic (exact) mass is 323 g/mol. The van der Waals surface area contributed by atoms with Gasteiger partial charge in [0, 0.05) is 12.7 Å². The Morgan fingerprint density at radius 1 is 1.17 bits per heavy atom. The second kappa shape index (κ2) is 5.34. The van der Waals surface area contributed by atoms with Gasteiger partial charge in [0.2, 0.25) is 0 Å². The van der Waals surface area contributed by atoms with Gasteiger partial charge in [0.1, 0.15) is 11.4 Å². The SMILES string of the molecule is O=C1NCCn2nc(-c3ccnc(-c4cccc(O)c4O)n3)cc21. The summed E-state index contributed by atoms with van der Waals surface area (Å²) in [6.07, 6.45) is 1.54. The van der Waals surface area contributed by atoms with Gasteiger partial charge in [-0.05, 0) is 24.3 Å². The lowest BCUT2D eigenvalue weighted by atomic mass is 10.1. The maximum Gasteiger partial charge on any atom is 0.269 e. The molecule has 0 spiro atoms. The molecule has 0 bridgehead atoms. The van der Waals surface area contributed by atoms with Gasteiger partial charge in [0.15, 0.2) is 17.3 Å². The predicted molar refractivity (Wildman–Crippen MR) is 84.4 cm³/mol. The van der Waals surface area contributed by atoms with Crippen LogP contribution in [0.2, 0.25) is 0 Å². The van der Waals surface area contributed by atoms with Gasteiger partial charge < -0.3 is 15.5 Å². The summed E-state index contributed by atoms with van der Waals surface area (Å²) < 4.78 is 1.64. The Kier molecular flexibility index (Phi) is 3.16. The molecular formula is C16H13N5O3. The first-order chi connectivity index (χ1) is 11.6. The molecule has 0 unspecified atom stereocenters. The number of phenolic OH excluding ortho intramolecular Hbond substituents is 2. The Labute approximate surface area is 136 Å². The lowest BCUT2D eigenvalue weighted by Crippen LogP contribution is -2.35. The summed E-state index contributed by atoms with van der Waals surface area (Å²) in [7, 11) is 0. The molecule has 0 saturated heterocycles. The minimum Gasteiger partial charge on any atom is -0.504 e. The third-order valence-electron chi connectivity index (χ3n) is 3.80. The quantitative estimate of drug-likeness (QED) is 0.610. The third kappa shape index (κ3) is 2.24. The predicted octanol–water partition coefficient (Wildman–Crippen LogP) is 1.16. The first-order valence-corrected chi connectivity index (χ1v) is 7.34. The minimum atomic E-state index is -0.279. The van der Waals surface area contributed by atoms with Crippen molar-refractivity contribution in [2.45, 2.75) is 6.54 Å². The molecule has 24 heavy (non-hydrogen) atoms. The van der Waals surface area contributed by atoms with Crippen molar-refractivity contribution in [3.63, 3.8) is 0 Å². The molecule has 0 fully saturated rings. The van der Waals surface area contributed by atoms with Crippen molar-refractivity contribution < 1.29 is 15.0 Å². The van der Waals surface area contributed by atoms with Crippen molar-refractivity contribution in [2.24, 2.45) is 0 Å². The van der Waals surface area contributed by atoms with Crippen molar-refractivity contribution >= 4 is 5.91 Å². The van der Waals surface area contributed by atoms with Crippen molar-refractivity contribution in [1.29, 1.82) is 0 Å². The molecular weight excluding hydrogens is 310 g/mol. The van der Waals surface area contributed by atoms with Gasteiger partial charge in [0.25, 0.3) is 5.91 Å². The molecule has 2 aromatic heterocycles. The van der Waals surface area contributed by atoms with E-state index >= 15 is 0 Å². The number of rotatable bonds is 2. The summed E-state index contributed by atoms with van der Waals surface area (Å²) in [5.41, 5.74) is 1.87. The maximum atomic E-state index is 11.8. The van der Waals surface area contributed by atoms with Crippen molar-refractivity contribution in [1.82, 2.24) is 25.1 Å². The second-order valence-corrected chi connectivity index (χ2v) is 5.33. The van der Waals surface area contributed by atoms with Gasteiger partial charge in [0.05, 0.1) is 17.8 Å². The number of para-hydroxylation sites is 1. The maximum absolute atomic E-state index is 11.8. The lowest BCUT2D eigenvalue weighted by Gasteiger charge is -2.13. The number of carbonyl (C=O) groups is 1. The Hall–Kier alpha value is -3.42. The van der Waals surface area contributed by atoms with Crippen LogP contribution in [0.1, 0.15) is 10.5 Å². The Bertz CT molecular complexity index is 951. The van der Waals surface area contributed by atoms with E-state index in [2.05, 4.69) is 20.4 Å². The molecule has 3 heterocycles. The van der Waals surface area contributed by atoms with E-state index < -0.39 is 0 Å². The minimum absolute atomic E-state index is 0.167. The van der Waals surface area contributed by atoms with E-state index in [1.54, 1.807) is 35.1 Å². The van der Waals surface area contributed by atoms with Crippen LogP contribution in [0.5, 0.6) is 11.5 Å². The zero-order valence-electron chi connectivity index (χ0n) is 12.5. The summed E-state index contributed by atoms with van der Waals surface area (Å²) >= 11 is 0. The topological polar surface area (TPSA) is 113 Å². The first-order valence-electron chi connectivity index (χ1n) is 7.34. The molecule has 3 aromatic rings. The van der Waals surface area contributed by atoms with Crippen LogP contribution in [0, 0.1) is 0 Å². The number of hydrogen-bond donors (Lipinski definition) is 3. The number of carbonyl (C=O) groups excluding carboxylic acids is 1. The fourth-order valence-electron chi connectivity index (χ4n) is 2.60. The Morgan fingerprint density at radius 2 is 2.04 bits per heavy atom. The highest BCUT2D eigenvalue weighted by atomic mass is 16.3. The number of hydrogen-bond acceptors (Lipinski definition) is 6.